The summed E-state index contributed by atoms with van der Waals surface area (Å²) < 4.78 is 77.1. The van der Waals surface area contributed by atoms with E-state index in [2.05, 4.69) is 20.6 Å². The summed E-state index contributed by atoms with van der Waals surface area (Å²) in [5.74, 6) is -0.761. The molecule has 2 aromatic rings. The summed E-state index contributed by atoms with van der Waals surface area (Å²) in [6.07, 6.45) is -9.40. The molecule has 1 atom stereocenters. The number of aromatic nitrogens is 2. The highest BCUT2D eigenvalue weighted by Crippen LogP contribution is 2.35. The van der Waals surface area contributed by atoms with Gasteiger partial charge in [-0.25, -0.2) is 4.98 Å². The molecule has 0 amide bonds. The van der Waals surface area contributed by atoms with Crippen LogP contribution < -0.4 is 10.6 Å². The number of nitrogens with one attached hydrogen (secondary N) is 2. The maximum atomic E-state index is 13.0. The number of anilines is 3. The lowest BCUT2D eigenvalue weighted by Gasteiger charge is -2.16. The lowest BCUT2D eigenvalue weighted by Crippen LogP contribution is -2.22. The third-order valence-corrected chi connectivity index (χ3v) is 3.54. The monoisotopic (exact) mass is 414 g/mol. The molecule has 0 aliphatic heterocycles. The van der Waals surface area contributed by atoms with Crippen molar-refractivity contribution in [2.75, 3.05) is 17.2 Å². The number of halogens is 7. The Morgan fingerprint density at radius 1 is 1.07 bits per heavy atom. The first-order valence-corrected chi connectivity index (χ1v) is 7.75. The Bertz CT molecular complexity index is 812. The number of nitrogens with zero attached hydrogens (tertiary/aromatic N) is 2. The van der Waals surface area contributed by atoms with E-state index in [4.69, 9.17) is 16.7 Å². The van der Waals surface area contributed by atoms with E-state index in [9.17, 15) is 26.3 Å². The van der Waals surface area contributed by atoms with Gasteiger partial charge in [-0.05, 0) is 25.1 Å². The van der Waals surface area contributed by atoms with E-state index >= 15 is 0 Å². The van der Waals surface area contributed by atoms with Crippen LogP contribution in [0.5, 0.6) is 0 Å². The predicted octanol–water partition coefficient (Wildman–Crippen LogP) is 4.70. The maximum absolute atomic E-state index is 13.0. The fourth-order valence-corrected chi connectivity index (χ4v) is 2.15. The minimum Gasteiger partial charge on any atom is -0.394 e. The van der Waals surface area contributed by atoms with Gasteiger partial charge >= 0.3 is 12.4 Å². The highest BCUT2D eigenvalue weighted by molar-refractivity contribution is 6.33. The van der Waals surface area contributed by atoms with Crippen LogP contribution >= 0.6 is 11.6 Å². The van der Waals surface area contributed by atoms with E-state index in [1.165, 1.54) is 6.92 Å². The number of aliphatic hydroxyl groups is 1. The van der Waals surface area contributed by atoms with Gasteiger partial charge in [-0.15, -0.1) is 0 Å². The van der Waals surface area contributed by atoms with Gasteiger partial charge in [0.25, 0.3) is 0 Å². The zero-order chi connectivity index (χ0) is 20.4. The van der Waals surface area contributed by atoms with Gasteiger partial charge in [0.2, 0.25) is 5.95 Å². The summed E-state index contributed by atoms with van der Waals surface area (Å²) in [5.41, 5.74) is -2.36. The Hall–Kier alpha value is -2.27. The van der Waals surface area contributed by atoms with Crippen LogP contribution in [0.25, 0.3) is 0 Å². The first kappa shape index (κ1) is 21.0. The Labute approximate surface area is 154 Å². The van der Waals surface area contributed by atoms with Gasteiger partial charge in [0.15, 0.2) is 5.69 Å². The largest absolute Gasteiger partial charge is 0.433 e. The predicted molar refractivity (Wildman–Crippen MR) is 86.9 cm³/mol. The topological polar surface area (TPSA) is 70.1 Å². The highest BCUT2D eigenvalue weighted by atomic mass is 35.5. The molecule has 0 unspecified atom stereocenters. The van der Waals surface area contributed by atoms with Gasteiger partial charge in [-0.1, -0.05) is 11.6 Å². The number of benzene rings is 1. The number of aliphatic hydroxyl groups excluding tert-OH is 1. The Kier molecular flexibility index (Phi) is 6.05. The SMILES string of the molecule is C[C@H](CO)Nc1nc(Nc2ccc(C(F)(F)F)cc2Cl)cc(C(F)(F)F)n1. The molecule has 27 heavy (non-hydrogen) atoms. The molecular weight excluding hydrogens is 402 g/mol. The fraction of sp³-hybridized carbons (Fsp3) is 0.333. The van der Waals surface area contributed by atoms with Gasteiger partial charge in [0, 0.05) is 12.1 Å². The zero-order valence-corrected chi connectivity index (χ0v) is 14.3. The standard InChI is InChI=1S/C15H13ClF6N4O/c1-7(6-27)23-13-25-11(15(20,21)22)5-12(26-13)24-10-3-2-8(4-9(10)16)14(17,18)19/h2-5,7,27H,6H2,1H3,(H2,23,24,25,26)/t7-/m1/s1. The van der Waals surface area contributed by atoms with Crippen molar-refractivity contribution in [3.63, 3.8) is 0 Å². The molecule has 1 aromatic heterocycles. The van der Waals surface area contributed by atoms with Crippen LogP contribution in [-0.2, 0) is 12.4 Å². The van der Waals surface area contributed by atoms with Crippen molar-refractivity contribution in [1.82, 2.24) is 9.97 Å². The molecule has 0 spiro atoms. The summed E-state index contributed by atoms with van der Waals surface area (Å²) in [5, 5.41) is 13.6. The smallest absolute Gasteiger partial charge is 0.394 e. The van der Waals surface area contributed by atoms with Gasteiger partial charge in [-0.3, -0.25) is 0 Å². The Balaban J connectivity index is 2.38. The van der Waals surface area contributed by atoms with Crippen molar-refractivity contribution < 1.29 is 31.4 Å². The second-order valence-electron chi connectivity index (χ2n) is 5.51. The Morgan fingerprint density at radius 3 is 2.26 bits per heavy atom. The molecule has 0 saturated heterocycles. The molecule has 1 heterocycles. The third kappa shape index (κ3) is 5.60. The van der Waals surface area contributed by atoms with Crippen LogP contribution in [-0.4, -0.2) is 27.7 Å². The number of hydrogen-bond acceptors (Lipinski definition) is 5. The van der Waals surface area contributed by atoms with Gasteiger partial charge < -0.3 is 15.7 Å². The molecule has 2 rings (SSSR count). The van der Waals surface area contributed by atoms with E-state index in [1.54, 1.807) is 0 Å². The summed E-state index contributed by atoms with van der Waals surface area (Å²) in [7, 11) is 0. The second kappa shape index (κ2) is 7.77. The van der Waals surface area contributed by atoms with Gasteiger partial charge in [-0.2, -0.15) is 31.3 Å². The van der Waals surface area contributed by atoms with Crippen LogP contribution in [0.2, 0.25) is 5.02 Å². The highest BCUT2D eigenvalue weighted by Gasteiger charge is 2.34. The molecule has 0 bridgehead atoms. The fourth-order valence-electron chi connectivity index (χ4n) is 1.92. The number of alkyl halides is 6. The van der Waals surface area contributed by atoms with E-state index in [0.29, 0.717) is 12.1 Å². The first-order chi connectivity index (χ1) is 12.4. The van der Waals surface area contributed by atoms with E-state index < -0.39 is 35.6 Å². The number of rotatable bonds is 5. The van der Waals surface area contributed by atoms with Crippen molar-refractivity contribution in [3.05, 3.63) is 40.5 Å². The molecule has 0 fully saturated rings. The summed E-state index contributed by atoms with van der Waals surface area (Å²) in [4.78, 5) is 7.14. The average molecular weight is 415 g/mol. The van der Waals surface area contributed by atoms with Crippen molar-refractivity contribution in [1.29, 1.82) is 0 Å². The zero-order valence-electron chi connectivity index (χ0n) is 13.6. The molecule has 0 saturated carbocycles. The van der Waals surface area contributed by atoms with Crippen LogP contribution in [0, 0.1) is 0 Å². The molecular formula is C15H13ClF6N4O. The van der Waals surface area contributed by atoms with E-state index in [-0.39, 0.29) is 23.1 Å². The van der Waals surface area contributed by atoms with Crippen molar-refractivity contribution in [2.45, 2.75) is 25.3 Å². The molecule has 5 nitrogen and oxygen atoms in total. The Morgan fingerprint density at radius 2 is 1.74 bits per heavy atom. The minimum absolute atomic E-state index is 0.0716. The summed E-state index contributed by atoms with van der Waals surface area (Å²) >= 11 is 5.78. The second-order valence-corrected chi connectivity index (χ2v) is 5.91. The average Bonchev–Trinajstić information content (AvgIpc) is 2.54. The van der Waals surface area contributed by atoms with Crippen molar-refractivity contribution >= 4 is 29.1 Å². The van der Waals surface area contributed by atoms with Crippen molar-refractivity contribution in [2.24, 2.45) is 0 Å². The lowest BCUT2D eigenvalue weighted by molar-refractivity contribution is -0.141. The van der Waals surface area contributed by atoms with Crippen LogP contribution in [0.15, 0.2) is 24.3 Å². The summed E-state index contributed by atoms with van der Waals surface area (Å²) in [6.45, 7) is 1.11. The number of hydrogen-bond donors (Lipinski definition) is 3. The van der Waals surface area contributed by atoms with Crippen LogP contribution in [0.1, 0.15) is 18.2 Å². The van der Waals surface area contributed by atoms with Gasteiger partial charge in [0.05, 0.1) is 22.9 Å². The molecule has 12 heteroatoms. The van der Waals surface area contributed by atoms with Gasteiger partial charge in [0.1, 0.15) is 5.82 Å². The molecule has 0 aliphatic carbocycles. The van der Waals surface area contributed by atoms with Crippen LogP contribution in [0.4, 0.5) is 43.8 Å². The molecule has 3 N–H and O–H groups in total. The third-order valence-electron chi connectivity index (χ3n) is 3.23. The molecule has 0 radical (unpaired) electrons. The minimum atomic E-state index is -4.79. The quantitative estimate of drug-likeness (QED) is 0.618. The molecule has 1 aromatic carbocycles. The maximum Gasteiger partial charge on any atom is 0.433 e. The molecule has 0 aliphatic rings. The van der Waals surface area contributed by atoms with E-state index in [0.717, 1.165) is 12.1 Å². The van der Waals surface area contributed by atoms with E-state index in [1.807, 2.05) is 0 Å². The first-order valence-electron chi connectivity index (χ1n) is 7.37. The van der Waals surface area contributed by atoms with Crippen molar-refractivity contribution in [3.8, 4) is 0 Å². The summed E-state index contributed by atoms with van der Waals surface area (Å²) in [6, 6.07) is 2.30. The molecule has 148 valence electrons. The lowest BCUT2D eigenvalue weighted by atomic mass is 10.2. The normalized spacial score (nSPS) is 13.4. The van der Waals surface area contributed by atoms with Crippen LogP contribution in [0.3, 0.4) is 0 Å².